The van der Waals surface area contributed by atoms with E-state index in [0.29, 0.717) is 5.33 Å². The number of hydrogen-bond donors (Lipinski definition) is 1. The van der Waals surface area contributed by atoms with Crippen LogP contribution in [-0.2, 0) is 5.33 Å². The third-order valence-corrected chi connectivity index (χ3v) is 1.72. The van der Waals surface area contributed by atoms with Crippen molar-refractivity contribution in [2.24, 2.45) is 0 Å². The standard InChI is InChI=1S/C6H5BrFNO/c7-2-4-1-5(8)6(10)9-3-4/h1,3H,2H2,(H,9,10). The zero-order valence-corrected chi connectivity index (χ0v) is 6.61. The van der Waals surface area contributed by atoms with Crippen LogP contribution in [0.25, 0.3) is 0 Å². The molecular weight excluding hydrogens is 201 g/mol. The quantitative estimate of drug-likeness (QED) is 0.692. The van der Waals surface area contributed by atoms with Crippen LogP contribution in [0.4, 0.5) is 4.39 Å². The van der Waals surface area contributed by atoms with Crippen molar-refractivity contribution in [2.45, 2.75) is 5.33 Å². The van der Waals surface area contributed by atoms with E-state index in [0.717, 1.165) is 5.56 Å². The lowest BCUT2D eigenvalue weighted by atomic mass is 10.3. The summed E-state index contributed by atoms with van der Waals surface area (Å²) in [6.45, 7) is 0. The van der Waals surface area contributed by atoms with E-state index in [9.17, 15) is 9.18 Å². The number of nitrogens with one attached hydrogen (secondary N) is 1. The van der Waals surface area contributed by atoms with Gasteiger partial charge in [-0.2, -0.15) is 0 Å². The van der Waals surface area contributed by atoms with E-state index in [1.54, 1.807) is 0 Å². The van der Waals surface area contributed by atoms with E-state index < -0.39 is 11.4 Å². The van der Waals surface area contributed by atoms with Crippen LogP contribution in [0.5, 0.6) is 0 Å². The molecule has 0 aromatic carbocycles. The molecule has 0 saturated heterocycles. The lowest BCUT2D eigenvalue weighted by Crippen LogP contribution is -2.09. The van der Waals surface area contributed by atoms with Gasteiger partial charge in [0.05, 0.1) is 0 Å². The number of aromatic nitrogens is 1. The van der Waals surface area contributed by atoms with Crippen molar-refractivity contribution in [3.05, 3.63) is 34.0 Å². The monoisotopic (exact) mass is 205 g/mol. The molecule has 0 aliphatic rings. The van der Waals surface area contributed by atoms with Gasteiger partial charge in [-0.25, -0.2) is 4.39 Å². The largest absolute Gasteiger partial charge is 0.326 e. The van der Waals surface area contributed by atoms with Gasteiger partial charge >= 0.3 is 0 Å². The average molecular weight is 206 g/mol. The summed E-state index contributed by atoms with van der Waals surface area (Å²) in [6.07, 6.45) is 1.47. The second kappa shape index (κ2) is 2.96. The molecule has 0 fully saturated rings. The Balaban J connectivity index is 3.17. The van der Waals surface area contributed by atoms with Crippen molar-refractivity contribution in [1.29, 1.82) is 0 Å². The average Bonchev–Trinajstić information content (AvgIpc) is 1.95. The molecule has 0 spiro atoms. The van der Waals surface area contributed by atoms with Crippen molar-refractivity contribution >= 4 is 15.9 Å². The van der Waals surface area contributed by atoms with Gasteiger partial charge in [0.1, 0.15) is 0 Å². The summed E-state index contributed by atoms with van der Waals surface area (Å²) in [5.41, 5.74) is 0.0433. The van der Waals surface area contributed by atoms with Gasteiger partial charge in [0.25, 0.3) is 5.56 Å². The maximum Gasteiger partial charge on any atom is 0.283 e. The Morgan fingerprint density at radius 1 is 1.70 bits per heavy atom. The minimum absolute atomic E-state index is 0.542. The molecule has 1 aromatic rings. The SMILES string of the molecule is O=c1[nH]cc(CBr)cc1F. The Labute approximate surface area is 65.2 Å². The van der Waals surface area contributed by atoms with Gasteiger partial charge in [-0.15, -0.1) is 0 Å². The summed E-state index contributed by atoms with van der Waals surface area (Å²) in [5, 5.41) is 0.542. The molecule has 1 rings (SSSR count). The van der Waals surface area contributed by atoms with E-state index in [2.05, 4.69) is 20.9 Å². The minimum atomic E-state index is -0.739. The van der Waals surface area contributed by atoms with Gasteiger partial charge in [-0.3, -0.25) is 4.79 Å². The first kappa shape index (κ1) is 7.47. The van der Waals surface area contributed by atoms with E-state index in [1.165, 1.54) is 12.3 Å². The molecular formula is C6H5BrFNO. The molecule has 2 nitrogen and oxygen atoms in total. The number of alkyl halides is 1. The lowest BCUT2D eigenvalue weighted by molar-refractivity contribution is 0.607. The normalized spacial score (nSPS) is 9.80. The third kappa shape index (κ3) is 1.44. The molecule has 54 valence electrons. The van der Waals surface area contributed by atoms with E-state index in [-0.39, 0.29) is 0 Å². The van der Waals surface area contributed by atoms with Crippen molar-refractivity contribution in [3.8, 4) is 0 Å². The summed E-state index contributed by atoms with van der Waals surface area (Å²) >= 11 is 3.13. The van der Waals surface area contributed by atoms with Crippen LogP contribution in [0, 0.1) is 5.82 Å². The first-order valence-electron chi connectivity index (χ1n) is 2.67. The molecule has 0 saturated carbocycles. The Hall–Kier alpha value is -0.640. The van der Waals surface area contributed by atoms with E-state index >= 15 is 0 Å². The molecule has 4 heteroatoms. The Morgan fingerprint density at radius 2 is 2.40 bits per heavy atom. The number of halogens is 2. The van der Waals surface area contributed by atoms with E-state index in [1.807, 2.05) is 0 Å². The lowest BCUT2D eigenvalue weighted by Gasteiger charge is -1.91. The second-order valence-corrected chi connectivity index (χ2v) is 2.38. The van der Waals surface area contributed by atoms with Crippen LogP contribution in [0.3, 0.4) is 0 Å². The summed E-state index contributed by atoms with van der Waals surface area (Å²) < 4.78 is 12.4. The van der Waals surface area contributed by atoms with Gasteiger partial charge in [0, 0.05) is 11.5 Å². The summed E-state index contributed by atoms with van der Waals surface area (Å²) in [5.74, 6) is -0.739. The van der Waals surface area contributed by atoms with Crippen molar-refractivity contribution < 1.29 is 4.39 Å². The number of hydrogen-bond acceptors (Lipinski definition) is 1. The van der Waals surface area contributed by atoms with Crippen molar-refractivity contribution in [1.82, 2.24) is 4.98 Å². The Morgan fingerprint density at radius 3 is 2.90 bits per heavy atom. The van der Waals surface area contributed by atoms with Crippen LogP contribution in [0.2, 0.25) is 0 Å². The molecule has 10 heavy (non-hydrogen) atoms. The predicted molar refractivity (Wildman–Crippen MR) is 39.7 cm³/mol. The highest BCUT2D eigenvalue weighted by atomic mass is 79.9. The molecule has 1 aromatic heterocycles. The first-order chi connectivity index (χ1) is 4.74. The molecule has 0 amide bonds. The fourth-order valence-electron chi connectivity index (χ4n) is 0.574. The fourth-order valence-corrected chi connectivity index (χ4v) is 0.898. The molecule has 0 bridgehead atoms. The van der Waals surface area contributed by atoms with Crippen LogP contribution in [0.1, 0.15) is 5.56 Å². The molecule has 1 N–H and O–H groups in total. The van der Waals surface area contributed by atoms with Gasteiger partial charge in [0.15, 0.2) is 5.82 Å². The molecule has 0 atom stereocenters. The smallest absolute Gasteiger partial charge is 0.283 e. The first-order valence-corrected chi connectivity index (χ1v) is 3.79. The maximum absolute atomic E-state index is 12.4. The number of pyridine rings is 1. The molecule has 0 unspecified atom stereocenters. The summed E-state index contributed by atoms with van der Waals surface area (Å²) in [4.78, 5) is 12.7. The highest BCUT2D eigenvalue weighted by Gasteiger charge is 1.97. The Bertz CT molecular complexity index is 283. The van der Waals surface area contributed by atoms with Gasteiger partial charge in [-0.05, 0) is 11.6 Å². The topological polar surface area (TPSA) is 32.9 Å². The number of aromatic amines is 1. The van der Waals surface area contributed by atoms with E-state index in [4.69, 9.17) is 0 Å². The van der Waals surface area contributed by atoms with Crippen LogP contribution < -0.4 is 5.56 Å². The summed E-state index contributed by atoms with van der Waals surface area (Å²) in [6, 6.07) is 1.20. The molecule has 1 heterocycles. The predicted octanol–water partition coefficient (Wildman–Crippen LogP) is 1.41. The Kier molecular flexibility index (Phi) is 2.21. The van der Waals surface area contributed by atoms with Gasteiger partial charge < -0.3 is 4.98 Å². The minimum Gasteiger partial charge on any atom is -0.326 e. The highest BCUT2D eigenvalue weighted by Crippen LogP contribution is 2.01. The zero-order chi connectivity index (χ0) is 7.56. The van der Waals surface area contributed by atoms with Gasteiger partial charge in [-0.1, -0.05) is 15.9 Å². The maximum atomic E-state index is 12.4. The fraction of sp³-hybridized carbons (Fsp3) is 0.167. The number of H-pyrrole nitrogens is 1. The molecule has 0 radical (unpaired) electrons. The molecule has 0 aliphatic carbocycles. The second-order valence-electron chi connectivity index (χ2n) is 1.82. The zero-order valence-electron chi connectivity index (χ0n) is 5.03. The highest BCUT2D eigenvalue weighted by molar-refractivity contribution is 9.08. The van der Waals surface area contributed by atoms with Crippen LogP contribution >= 0.6 is 15.9 Å². The van der Waals surface area contributed by atoms with Crippen molar-refractivity contribution in [2.75, 3.05) is 0 Å². The van der Waals surface area contributed by atoms with Crippen LogP contribution in [0.15, 0.2) is 17.1 Å². The molecule has 0 aliphatic heterocycles. The van der Waals surface area contributed by atoms with Crippen molar-refractivity contribution in [3.63, 3.8) is 0 Å². The van der Waals surface area contributed by atoms with Gasteiger partial charge in [0.2, 0.25) is 0 Å². The third-order valence-electron chi connectivity index (χ3n) is 1.07. The summed E-state index contributed by atoms with van der Waals surface area (Å²) in [7, 11) is 0. The number of rotatable bonds is 1. The van der Waals surface area contributed by atoms with Crippen LogP contribution in [-0.4, -0.2) is 4.98 Å².